The van der Waals surface area contributed by atoms with Crippen LogP contribution in [0.5, 0.6) is 5.75 Å². The first-order valence-electron chi connectivity index (χ1n) is 9.33. The lowest BCUT2D eigenvalue weighted by atomic mass is 10.00. The second kappa shape index (κ2) is 7.45. The molecule has 5 heteroatoms. The average molecular weight is 364 g/mol. The maximum absolute atomic E-state index is 13.4. The highest BCUT2D eigenvalue weighted by Gasteiger charge is 2.29. The van der Waals surface area contributed by atoms with Crippen molar-refractivity contribution >= 4 is 16.9 Å². The molecule has 1 aromatic heterocycles. The average Bonchev–Trinajstić information content (AvgIpc) is 3.12. The van der Waals surface area contributed by atoms with E-state index < -0.39 is 0 Å². The Bertz CT molecular complexity index is 949. The van der Waals surface area contributed by atoms with E-state index >= 15 is 0 Å². The highest BCUT2D eigenvalue weighted by atomic mass is 16.5. The Morgan fingerprint density at radius 2 is 2.04 bits per heavy atom. The van der Waals surface area contributed by atoms with Gasteiger partial charge in [0.1, 0.15) is 11.3 Å². The molecule has 140 valence electrons. The fourth-order valence-corrected chi connectivity index (χ4v) is 3.79. The van der Waals surface area contributed by atoms with Gasteiger partial charge in [-0.2, -0.15) is 0 Å². The number of likely N-dealkylation sites (N-methyl/N-ethyl adjacent to an activating group) is 1. The summed E-state index contributed by atoms with van der Waals surface area (Å²) >= 11 is 0. The maximum atomic E-state index is 13.4. The lowest BCUT2D eigenvalue weighted by Crippen LogP contribution is -2.47. The van der Waals surface area contributed by atoms with E-state index in [0.717, 1.165) is 35.9 Å². The number of furan rings is 1. The van der Waals surface area contributed by atoms with Gasteiger partial charge in [-0.1, -0.05) is 30.3 Å². The van der Waals surface area contributed by atoms with Crippen LogP contribution in [0, 0.1) is 0 Å². The number of amides is 1. The zero-order chi connectivity index (χ0) is 18.8. The van der Waals surface area contributed by atoms with Gasteiger partial charge in [-0.05, 0) is 37.6 Å². The van der Waals surface area contributed by atoms with Crippen molar-refractivity contribution in [2.75, 3.05) is 27.2 Å². The summed E-state index contributed by atoms with van der Waals surface area (Å²) in [7, 11) is 3.57. The van der Waals surface area contributed by atoms with E-state index in [1.165, 1.54) is 0 Å². The number of fused-ring (bicyclic) bond motifs is 1. The molecule has 2 aromatic carbocycles. The molecule has 2 heterocycles. The van der Waals surface area contributed by atoms with Crippen molar-refractivity contribution in [1.29, 1.82) is 0 Å². The maximum Gasteiger partial charge on any atom is 0.290 e. The molecule has 0 aliphatic carbocycles. The van der Waals surface area contributed by atoms with Crippen LogP contribution in [-0.4, -0.2) is 44.1 Å². The highest BCUT2D eigenvalue weighted by Crippen LogP contribution is 2.37. The van der Waals surface area contributed by atoms with Gasteiger partial charge < -0.3 is 19.4 Å². The summed E-state index contributed by atoms with van der Waals surface area (Å²) in [5, 5.41) is 4.21. The summed E-state index contributed by atoms with van der Waals surface area (Å²) in [6.45, 7) is 1.45. The van der Waals surface area contributed by atoms with Gasteiger partial charge in [0.15, 0.2) is 0 Å². The molecule has 1 unspecified atom stereocenters. The van der Waals surface area contributed by atoms with Gasteiger partial charge in [-0.25, -0.2) is 0 Å². The number of likely N-dealkylation sites (tertiary alicyclic amines) is 1. The van der Waals surface area contributed by atoms with Crippen LogP contribution in [0.2, 0.25) is 0 Å². The molecule has 1 saturated heterocycles. The molecule has 1 aliphatic rings. The quantitative estimate of drug-likeness (QED) is 0.762. The Morgan fingerprint density at radius 3 is 2.78 bits per heavy atom. The van der Waals surface area contributed by atoms with Crippen LogP contribution in [0.4, 0.5) is 0 Å². The first-order valence-corrected chi connectivity index (χ1v) is 9.33. The largest absolute Gasteiger partial charge is 0.497 e. The van der Waals surface area contributed by atoms with E-state index in [4.69, 9.17) is 9.15 Å². The van der Waals surface area contributed by atoms with Crippen molar-refractivity contribution in [1.82, 2.24) is 10.2 Å². The number of nitrogens with zero attached hydrogens (tertiary/aromatic N) is 1. The minimum absolute atomic E-state index is 0.0519. The number of methoxy groups -OCH3 is 1. The topological polar surface area (TPSA) is 54.7 Å². The summed E-state index contributed by atoms with van der Waals surface area (Å²) < 4.78 is 11.4. The summed E-state index contributed by atoms with van der Waals surface area (Å²) in [4.78, 5) is 15.2. The molecule has 1 atom stereocenters. The van der Waals surface area contributed by atoms with Crippen molar-refractivity contribution in [2.24, 2.45) is 0 Å². The minimum atomic E-state index is -0.0519. The van der Waals surface area contributed by atoms with Crippen LogP contribution in [0.1, 0.15) is 23.4 Å². The summed E-state index contributed by atoms with van der Waals surface area (Å²) in [6, 6.07) is 16.0. The molecule has 1 N–H and O–H groups in total. The molecule has 5 nitrogen and oxygen atoms in total. The molecule has 0 spiro atoms. The number of piperidine rings is 1. The van der Waals surface area contributed by atoms with Crippen LogP contribution in [0.15, 0.2) is 52.9 Å². The number of benzene rings is 2. The Morgan fingerprint density at radius 1 is 1.22 bits per heavy atom. The molecule has 0 radical (unpaired) electrons. The summed E-state index contributed by atoms with van der Waals surface area (Å²) in [6.07, 6.45) is 2.08. The molecule has 0 saturated carbocycles. The van der Waals surface area contributed by atoms with E-state index in [0.29, 0.717) is 29.7 Å². The van der Waals surface area contributed by atoms with Gasteiger partial charge in [-0.3, -0.25) is 4.79 Å². The number of nitrogens with one attached hydrogen (secondary N) is 1. The lowest BCUT2D eigenvalue weighted by molar-refractivity contribution is 0.0669. The molecular formula is C22H24N2O3. The molecule has 1 amide bonds. The molecule has 1 aliphatic heterocycles. The van der Waals surface area contributed by atoms with Gasteiger partial charge in [-0.15, -0.1) is 0 Å². The van der Waals surface area contributed by atoms with E-state index in [9.17, 15) is 4.79 Å². The number of carbonyl (C=O) groups excluding carboxylic acids is 1. The Hall–Kier alpha value is -2.79. The second-order valence-electron chi connectivity index (χ2n) is 6.91. The molecule has 4 rings (SSSR count). The molecule has 0 bridgehead atoms. The number of carbonyl (C=O) groups is 1. The standard InChI is InChI=1S/C22H24N2O3/c1-23-16-9-6-12-24(14-16)22(25)21-20(15-7-4-3-5-8-15)18-11-10-17(26-2)13-19(18)27-21/h3-5,7-8,10-11,13,16,23H,6,9,12,14H2,1-2H3. The number of ether oxygens (including phenoxy) is 1. The van der Waals surface area contributed by atoms with E-state index in [2.05, 4.69) is 5.32 Å². The van der Waals surface area contributed by atoms with Crippen molar-refractivity contribution in [3.63, 3.8) is 0 Å². The van der Waals surface area contributed by atoms with Gasteiger partial charge in [0.25, 0.3) is 5.91 Å². The predicted octanol–water partition coefficient (Wildman–Crippen LogP) is 3.93. The second-order valence-corrected chi connectivity index (χ2v) is 6.91. The smallest absolute Gasteiger partial charge is 0.290 e. The van der Waals surface area contributed by atoms with E-state index in [-0.39, 0.29) is 5.91 Å². The SMILES string of the molecule is CNC1CCCN(C(=O)c2oc3cc(OC)ccc3c2-c2ccccc2)C1. The first kappa shape index (κ1) is 17.6. The fraction of sp³-hybridized carbons (Fsp3) is 0.318. The highest BCUT2D eigenvalue weighted by molar-refractivity contribution is 6.08. The van der Waals surface area contributed by atoms with Gasteiger partial charge in [0.2, 0.25) is 5.76 Å². The van der Waals surface area contributed by atoms with Crippen LogP contribution in [-0.2, 0) is 0 Å². The third-order valence-corrected chi connectivity index (χ3v) is 5.27. The third kappa shape index (κ3) is 3.30. The Kier molecular flexibility index (Phi) is 4.86. The third-order valence-electron chi connectivity index (χ3n) is 5.27. The number of hydrogen-bond donors (Lipinski definition) is 1. The summed E-state index contributed by atoms with van der Waals surface area (Å²) in [5.74, 6) is 1.06. The predicted molar refractivity (Wildman–Crippen MR) is 106 cm³/mol. The minimum Gasteiger partial charge on any atom is -0.497 e. The van der Waals surface area contributed by atoms with Crippen LogP contribution >= 0.6 is 0 Å². The zero-order valence-corrected chi connectivity index (χ0v) is 15.7. The first-order chi connectivity index (χ1) is 13.2. The van der Waals surface area contributed by atoms with Crippen molar-refractivity contribution < 1.29 is 13.9 Å². The van der Waals surface area contributed by atoms with Crippen molar-refractivity contribution in [2.45, 2.75) is 18.9 Å². The van der Waals surface area contributed by atoms with Gasteiger partial charge in [0.05, 0.1) is 7.11 Å². The van der Waals surface area contributed by atoms with Crippen molar-refractivity contribution in [3.05, 3.63) is 54.3 Å². The number of hydrogen-bond acceptors (Lipinski definition) is 4. The molecule has 1 fully saturated rings. The Labute approximate surface area is 158 Å². The lowest BCUT2D eigenvalue weighted by Gasteiger charge is -2.32. The van der Waals surface area contributed by atoms with Crippen LogP contribution in [0.3, 0.4) is 0 Å². The molecule has 3 aromatic rings. The normalized spacial score (nSPS) is 17.3. The van der Waals surface area contributed by atoms with Crippen molar-refractivity contribution in [3.8, 4) is 16.9 Å². The number of rotatable bonds is 4. The van der Waals surface area contributed by atoms with Crippen LogP contribution < -0.4 is 10.1 Å². The monoisotopic (exact) mass is 364 g/mol. The van der Waals surface area contributed by atoms with Gasteiger partial charge in [0, 0.05) is 36.1 Å². The molecular weight excluding hydrogens is 340 g/mol. The Balaban J connectivity index is 1.82. The zero-order valence-electron chi connectivity index (χ0n) is 15.7. The fourth-order valence-electron chi connectivity index (χ4n) is 3.79. The van der Waals surface area contributed by atoms with E-state index in [1.807, 2.05) is 60.5 Å². The van der Waals surface area contributed by atoms with Gasteiger partial charge >= 0.3 is 0 Å². The van der Waals surface area contributed by atoms with E-state index in [1.54, 1.807) is 7.11 Å². The summed E-state index contributed by atoms with van der Waals surface area (Å²) in [5.41, 5.74) is 2.50. The molecule has 27 heavy (non-hydrogen) atoms. The van der Waals surface area contributed by atoms with Crippen LogP contribution in [0.25, 0.3) is 22.1 Å².